The summed E-state index contributed by atoms with van der Waals surface area (Å²) in [5.41, 5.74) is 1.89. The number of hydrogen-bond acceptors (Lipinski definition) is 3. The molecule has 138 valence electrons. The maximum absolute atomic E-state index is 13.0. The lowest BCUT2D eigenvalue weighted by atomic mass is 10.0. The number of amides is 2. The van der Waals surface area contributed by atoms with Crippen molar-refractivity contribution in [2.75, 3.05) is 26.1 Å². The molecule has 1 saturated heterocycles. The first-order chi connectivity index (χ1) is 12.7. The van der Waals surface area contributed by atoms with Gasteiger partial charge in [0.25, 0.3) is 0 Å². The van der Waals surface area contributed by atoms with E-state index in [4.69, 9.17) is 9.47 Å². The van der Waals surface area contributed by atoms with Gasteiger partial charge in [-0.05, 0) is 42.7 Å². The Hall–Kier alpha value is -2.69. The summed E-state index contributed by atoms with van der Waals surface area (Å²) >= 11 is 0. The quantitative estimate of drug-likeness (QED) is 0.853. The van der Waals surface area contributed by atoms with Gasteiger partial charge in [-0.25, -0.2) is 4.79 Å². The smallest absolute Gasteiger partial charge is 0.322 e. The van der Waals surface area contributed by atoms with Crippen LogP contribution in [0, 0.1) is 0 Å². The van der Waals surface area contributed by atoms with Crippen molar-refractivity contribution in [3.8, 4) is 11.5 Å². The predicted molar refractivity (Wildman–Crippen MR) is 103 cm³/mol. The molecule has 0 aromatic heterocycles. The molecule has 1 heterocycles. The van der Waals surface area contributed by atoms with Crippen molar-refractivity contribution in [3.05, 3.63) is 54.1 Å². The van der Waals surface area contributed by atoms with E-state index in [0.717, 1.165) is 55.0 Å². The minimum absolute atomic E-state index is 0.0685. The Morgan fingerprint density at radius 3 is 2.50 bits per heavy atom. The van der Waals surface area contributed by atoms with E-state index in [0.29, 0.717) is 0 Å². The summed E-state index contributed by atoms with van der Waals surface area (Å²) in [7, 11) is 3.28. The molecule has 1 N–H and O–H groups in total. The van der Waals surface area contributed by atoms with Gasteiger partial charge in [-0.1, -0.05) is 31.0 Å². The topological polar surface area (TPSA) is 50.8 Å². The maximum atomic E-state index is 13.0. The lowest BCUT2D eigenvalue weighted by molar-refractivity contribution is 0.189. The summed E-state index contributed by atoms with van der Waals surface area (Å²) in [5.74, 6) is 1.56. The van der Waals surface area contributed by atoms with Crippen LogP contribution in [0.3, 0.4) is 0 Å². The Morgan fingerprint density at radius 2 is 1.77 bits per heavy atom. The van der Waals surface area contributed by atoms with Crippen molar-refractivity contribution in [3.63, 3.8) is 0 Å². The van der Waals surface area contributed by atoms with E-state index in [1.807, 2.05) is 41.3 Å². The van der Waals surface area contributed by atoms with Gasteiger partial charge < -0.3 is 19.7 Å². The fraction of sp³-hybridized carbons (Fsp3) is 0.381. The van der Waals surface area contributed by atoms with E-state index in [9.17, 15) is 4.79 Å². The van der Waals surface area contributed by atoms with Crippen LogP contribution in [0.4, 0.5) is 10.5 Å². The zero-order valence-electron chi connectivity index (χ0n) is 15.4. The van der Waals surface area contributed by atoms with Gasteiger partial charge in [-0.3, -0.25) is 0 Å². The molecular weight excluding hydrogens is 328 g/mol. The SMILES string of the molecule is COc1ccc(C2CCCCCN2C(=O)Nc2cccc(OC)c2)cc1. The second-order valence-corrected chi connectivity index (χ2v) is 6.49. The Morgan fingerprint density at radius 1 is 1.00 bits per heavy atom. The molecule has 3 rings (SSSR count). The van der Waals surface area contributed by atoms with E-state index in [1.54, 1.807) is 14.2 Å². The Balaban J connectivity index is 1.79. The summed E-state index contributed by atoms with van der Waals surface area (Å²) in [5, 5.41) is 3.02. The van der Waals surface area contributed by atoms with E-state index in [2.05, 4.69) is 17.4 Å². The number of carbonyl (C=O) groups excluding carboxylic acids is 1. The van der Waals surface area contributed by atoms with Gasteiger partial charge in [0.1, 0.15) is 11.5 Å². The highest BCUT2D eigenvalue weighted by Gasteiger charge is 2.27. The fourth-order valence-corrected chi connectivity index (χ4v) is 3.42. The van der Waals surface area contributed by atoms with Crippen LogP contribution in [0.2, 0.25) is 0 Å². The van der Waals surface area contributed by atoms with Crippen molar-refractivity contribution in [1.82, 2.24) is 4.90 Å². The Labute approximate surface area is 154 Å². The second kappa shape index (κ2) is 8.61. The average molecular weight is 354 g/mol. The minimum Gasteiger partial charge on any atom is -0.497 e. The van der Waals surface area contributed by atoms with Crippen LogP contribution < -0.4 is 14.8 Å². The summed E-state index contributed by atoms with van der Waals surface area (Å²) in [6.45, 7) is 0.756. The molecule has 2 aromatic carbocycles. The number of ether oxygens (including phenoxy) is 2. The highest BCUT2D eigenvalue weighted by molar-refractivity contribution is 5.89. The molecule has 5 heteroatoms. The van der Waals surface area contributed by atoms with Gasteiger partial charge in [0.15, 0.2) is 0 Å². The van der Waals surface area contributed by atoms with Crippen LogP contribution in [0.25, 0.3) is 0 Å². The molecular formula is C21H26N2O3. The third-order valence-corrected chi connectivity index (χ3v) is 4.84. The highest BCUT2D eigenvalue weighted by atomic mass is 16.5. The van der Waals surface area contributed by atoms with Gasteiger partial charge in [0.05, 0.1) is 20.3 Å². The minimum atomic E-state index is -0.0685. The first kappa shape index (κ1) is 18.1. The molecule has 26 heavy (non-hydrogen) atoms. The van der Waals surface area contributed by atoms with E-state index < -0.39 is 0 Å². The largest absolute Gasteiger partial charge is 0.497 e. The lowest BCUT2D eigenvalue weighted by Gasteiger charge is -2.30. The van der Waals surface area contributed by atoms with Crippen LogP contribution in [0.1, 0.15) is 37.3 Å². The number of nitrogens with one attached hydrogen (secondary N) is 1. The average Bonchev–Trinajstić information content (AvgIpc) is 2.94. The standard InChI is InChI=1S/C21H26N2O3/c1-25-18-12-10-16(11-13-18)20-9-4-3-5-14-23(20)21(24)22-17-7-6-8-19(15-17)26-2/h6-8,10-13,15,20H,3-5,9,14H2,1-2H3,(H,22,24). The van der Waals surface area contributed by atoms with Gasteiger partial charge in [0, 0.05) is 18.3 Å². The molecule has 1 unspecified atom stereocenters. The van der Waals surface area contributed by atoms with Crippen LogP contribution in [-0.2, 0) is 0 Å². The molecule has 5 nitrogen and oxygen atoms in total. The van der Waals surface area contributed by atoms with Crippen molar-refractivity contribution < 1.29 is 14.3 Å². The van der Waals surface area contributed by atoms with E-state index in [-0.39, 0.29) is 12.1 Å². The van der Waals surface area contributed by atoms with Crippen LogP contribution in [0.5, 0.6) is 11.5 Å². The molecule has 0 spiro atoms. The first-order valence-electron chi connectivity index (χ1n) is 9.07. The third kappa shape index (κ3) is 4.28. The molecule has 1 aliphatic rings. The van der Waals surface area contributed by atoms with Gasteiger partial charge in [-0.15, -0.1) is 0 Å². The number of hydrogen-bond donors (Lipinski definition) is 1. The summed E-state index contributed by atoms with van der Waals surface area (Å²) in [4.78, 5) is 14.9. The second-order valence-electron chi connectivity index (χ2n) is 6.49. The van der Waals surface area contributed by atoms with E-state index in [1.165, 1.54) is 0 Å². The summed E-state index contributed by atoms with van der Waals surface area (Å²) < 4.78 is 10.5. The molecule has 1 atom stereocenters. The van der Waals surface area contributed by atoms with Crippen LogP contribution in [0.15, 0.2) is 48.5 Å². The number of likely N-dealkylation sites (tertiary alicyclic amines) is 1. The number of rotatable bonds is 4. The van der Waals surface area contributed by atoms with Crippen LogP contribution in [-0.4, -0.2) is 31.7 Å². The molecule has 0 saturated carbocycles. The van der Waals surface area contributed by atoms with Crippen molar-refractivity contribution in [2.45, 2.75) is 31.7 Å². The number of carbonyl (C=O) groups is 1. The monoisotopic (exact) mass is 354 g/mol. The number of benzene rings is 2. The molecule has 2 amide bonds. The molecule has 0 bridgehead atoms. The molecule has 0 aliphatic carbocycles. The zero-order valence-corrected chi connectivity index (χ0v) is 15.4. The van der Waals surface area contributed by atoms with Crippen LogP contribution >= 0.6 is 0 Å². The van der Waals surface area contributed by atoms with Gasteiger partial charge >= 0.3 is 6.03 Å². The van der Waals surface area contributed by atoms with E-state index >= 15 is 0 Å². The number of urea groups is 1. The molecule has 1 fully saturated rings. The maximum Gasteiger partial charge on any atom is 0.322 e. The summed E-state index contributed by atoms with van der Waals surface area (Å²) in [6, 6.07) is 15.5. The molecule has 1 aliphatic heterocycles. The lowest BCUT2D eigenvalue weighted by Crippen LogP contribution is -2.38. The number of nitrogens with zero attached hydrogens (tertiary/aromatic N) is 1. The third-order valence-electron chi connectivity index (χ3n) is 4.84. The molecule has 2 aromatic rings. The zero-order chi connectivity index (χ0) is 18.4. The first-order valence-corrected chi connectivity index (χ1v) is 9.07. The van der Waals surface area contributed by atoms with Gasteiger partial charge in [0.2, 0.25) is 0 Å². The fourth-order valence-electron chi connectivity index (χ4n) is 3.42. The summed E-state index contributed by atoms with van der Waals surface area (Å²) in [6.07, 6.45) is 4.27. The van der Waals surface area contributed by atoms with Crippen molar-refractivity contribution >= 4 is 11.7 Å². The highest BCUT2D eigenvalue weighted by Crippen LogP contribution is 2.32. The number of methoxy groups -OCH3 is 2. The van der Waals surface area contributed by atoms with Crippen molar-refractivity contribution in [1.29, 1.82) is 0 Å². The Kier molecular flexibility index (Phi) is 6.00. The van der Waals surface area contributed by atoms with Gasteiger partial charge in [-0.2, -0.15) is 0 Å². The molecule has 0 radical (unpaired) electrons. The normalized spacial score (nSPS) is 17.3. The van der Waals surface area contributed by atoms with Crippen molar-refractivity contribution in [2.24, 2.45) is 0 Å². The Bertz CT molecular complexity index is 730. The number of anilines is 1. The predicted octanol–water partition coefficient (Wildman–Crippen LogP) is 4.85.